The number of hydrogen-bond acceptors (Lipinski definition) is 4. The molecule has 0 bridgehead atoms. The van der Waals surface area contributed by atoms with Gasteiger partial charge in [0.25, 0.3) is 0 Å². The first-order valence-electron chi connectivity index (χ1n) is 7.06. The highest BCUT2D eigenvalue weighted by Gasteiger charge is 2.21. The van der Waals surface area contributed by atoms with Gasteiger partial charge in [0.05, 0.1) is 4.90 Å². The van der Waals surface area contributed by atoms with Crippen LogP contribution < -0.4 is 10.5 Å². The van der Waals surface area contributed by atoms with Crippen LogP contribution in [-0.4, -0.2) is 38.4 Å². The Balaban J connectivity index is 1.98. The van der Waals surface area contributed by atoms with Gasteiger partial charge in [-0.1, -0.05) is 0 Å². The number of nitrogens with two attached hydrogens (primary N) is 1. The van der Waals surface area contributed by atoms with Gasteiger partial charge in [-0.25, -0.2) is 13.6 Å². The number of carbonyl (C=O) groups excluding carboxylic acids is 1. The van der Waals surface area contributed by atoms with Crippen LogP contribution in [0.2, 0.25) is 0 Å². The minimum Gasteiger partial charge on any atom is -0.374 e. The number of hydrogen-bond donors (Lipinski definition) is 2. The summed E-state index contributed by atoms with van der Waals surface area (Å²) >= 11 is 0. The summed E-state index contributed by atoms with van der Waals surface area (Å²) in [5.41, 5.74) is 0.695. The van der Waals surface area contributed by atoms with Crippen LogP contribution in [0.25, 0.3) is 0 Å². The van der Waals surface area contributed by atoms with Gasteiger partial charge in [0, 0.05) is 18.8 Å². The molecule has 0 aromatic heterocycles. The second-order valence-electron chi connectivity index (χ2n) is 5.32. The maximum absolute atomic E-state index is 12.3. The van der Waals surface area contributed by atoms with E-state index in [1.54, 1.807) is 12.1 Å². The van der Waals surface area contributed by atoms with Gasteiger partial charge < -0.3 is 10.2 Å². The Morgan fingerprint density at radius 2 is 1.76 bits per heavy atom. The fourth-order valence-electron chi connectivity index (χ4n) is 2.44. The maximum atomic E-state index is 12.3. The van der Waals surface area contributed by atoms with Crippen molar-refractivity contribution in [3.8, 4) is 0 Å². The zero-order chi connectivity index (χ0) is 15.5. The lowest BCUT2D eigenvalue weighted by atomic mass is 10.1. The Kier molecular flexibility index (Phi) is 4.84. The average Bonchev–Trinajstić information content (AvgIpc) is 2.47. The number of anilines is 1. The van der Waals surface area contributed by atoms with Crippen molar-refractivity contribution in [2.45, 2.75) is 37.1 Å². The lowest BCUT2D eigenvalue weighted by molar-refractivity contribution is -0.132. The lowest BCUT2D eigenvalue weighted by Crippen LogP contribution is -2.43. The summed E-state index contributed by atoms with van der Waals surface area (Å²) in [5, 5.41) is 8.14. The number of benzene rings is 1. The van der Waals surface area contributed by atoms with Gasteiger partial charge in [0.2, 0.25) is 15.9 Å². The standard InChI is InChI=1S/C14H21N3O3S/c1-11(14(18)17-9-3-2-4-10-17)16-12-5-7-13(8-6-12)21(15,19)20/h5-8,11,16H,2-4,9-10H2,1H3,(H2,15,19,20). The number of primary sulfonamides is 1. The second kappa shape index (κ2) is 6.44. The van der Waals surface area contributed by atoms with Crippen LogP contribution in [0.5, 0.6) is 0 Å². The Morgan fingerprint density at radius 3 is 2.29 bits per heavy atom. The van der Waals surface area contributed by atoms with Crippen molar-refractivity contribution in [3.05, 3.63) is 24.3 Å². The van der Waals surface area contributed by atoms with Crippen molar-refractivity contribution < 1.29 is 13.2 Å². The average molecular weight is 311 g/mol. The van der Waals surface area contributed by atoms with E-state index in [0.717, 1.165) is 25.9 Å². The molecule has 1 atom stereocenters. The molecule has 1 aromatic carbocycles. The molecule has 1 aliphatic rings. The van der Waals surface area contributed by atoms with Crippen molar-refractivity contribution in [1.82, 2.24) is 4.90 Å². The van der Waals surface area contributed by atoms with Crippen molar-refractivity contribution in [2.75, 3.05) is 18.4 Å². The van der Waals surface area contributed by atoms with E-state index in [1.165, 1.54) is 18.6 Å². The van der Waals surface area contributed by atoms with Gasteiger partial charge in [-0.15, -0.1) is 0 Å². The Hall–Kier alpha value is -1.60. The molecule has 1 fully saturated rings. The van der Waals surface area contributed by atoms with Crippen LogP contribution in [0.15, 0.2) is 29.2 Å². The molecule has 6 nitrogen and oxygen atoms in total. The molecule has 1 amide bonds. The molecule has 1 unspecified atom stereocenters. The third kappa shape index (κ3) is 4.18. The SMILES string of the molecule is CC(Nc1ccc(S(N)(=O)=O)cc1)C(=O)N1CCCCC1. The van der Waals surface area contributed by atoms with Crippen LogP contribution in [0, 0.1) is 0 Å². The van der Waals surface area contributed by atoms with Crippen molar-refractivity contribution in [2.24, 2.45) is 5.14 Å². The molecule has 2 rings (SSSR count). The number of sulfonamides is 1. The van der Waals surface area contributed by atoms with Gasteiger partial charge in [0.1, 0.15) is 6.04 Å². The number of amides is 1. The zero-order valence-corrected chi connectivity index (χ0v) is 12.9. The fraction of sp³-hybridized carbons (Fsp3) is 0.500. The Labute approximate surface area is 125 Å². The Bertz CT molecular complexity index is 592. The number of nitrogens with one attached hydrogen (secondary N) is 1. The molecule has 1 saturated heterocycles. The summed E-state index contributed by atoms with van der Waals surface area (Å²) in [4.78, 5) is 14.2. The van der Waals surface area contributed by atoms with Gasteiger partial charge in [-0.05, 0) is 50.5 Å². The lowest BCUT2D eigenvalue weighted by Gasteiger charge is -2.29. The molecular weight excluding hydrogens is 290 g/mol. The summed E-state index contributed by atoms with van der Waals surface area (Å²) in [6.07, 6.45) is 3.30. The highest BCUT2D eigenvalue weighted by molar-refractivity contribution is 7.89. The van der Waals surface area contributed by atoms with Gasteiger partial charge >= 0.3 is 0 Å². The van der Waals surface area contributed by atoms with Crippen LogP contribution >= 0.6 is 0 Å². The van der Waals surface area contributed by atoms with E-state index < -0.39 is 10.0 Å². The Morgan fingerprint density at radius 1 is 1.19 bits per heavy atom. The predicted molar refractivity (Wildman–Crippen MR) is 81.3 cm³/mol. The normalized spacial score (nSPS) is 17.3. The van der Waals surface area contributed by atoms with E-state index in [0.29, 0.717) is 5.69 Å². The predicted octanol–water partition coefficient (Wildman–Crippen LogP) is 1.15. The van der Waals surface area contributed by atoms with E-state index in [-0.39, 0.29) is 16.8 Å². The summed E-state index contributed by atoms with van der Waals surface area (Å²) in [7, 11) is -3.68. The zero-order valence-electron chi connectivity index (χ0n) is 12.1. The number of rotatable bonds is 4. The molecule has 7 heteroatoms. The van der Waals surface area contributed by atoms with Gasteiger partial charge in [0.15, 0.2) is 0 Å². The van der Waals surface area contributed by atoms with Crippen molar-refractivity contribution in [1.29, 1.82) is 0 Å². The fourth-order valence-corrected chi connectivity index (χ4v) is 2.96. The number of likely N-dealkylation sites (tertiary alicyclic amines) is 1. The first-order chi connectivity index (χ1) is 9.88. The monoisotopic (exact) mass is 311 g/mol. The molecule has 21 heavy (non-hydrogen) atoms. The summed E-state index contributed by atoms with van der Waals surface area (Å²) in [6.45, 7) is 3.44. The molecule has 1 aromatic rings. The molecule has 0 radical (unpaired) electrons. The molecule has 3 N–H and O–H groups in total. The summed E-state index contributed by atoms with van der Waals surface area (Å²) in [5.74, 6) is 0.0743. The quantitative estimate of drug-likeness (QED) is 0.872. The summed E-state index contributed by atoms with van der Waals surface area (Å²) < 4.78 is 22.4. The third-order valence-electron chi connectivity index (χ3n) is 3.60. The minimum absolute atomic E-state index is 0.0584. The van der Waals surface area contributed by atoms with E-state index in [2.05, 4.69) is 5.32 Å². The van der Waals surface area contributed by atoms with Gasteiger partial charge in [-0.2, -0.15) is 0 Å². The van der Waals surface area contributed by atoms with Crippen LogP contribution in [0.3, 0.4) is 0 Å². The highest BCUT2D eigenvalue weighted by Crippen LogP contribution is 2.15. The molecule has 116 valence electrons. The van der Waals surface area contributed by atoms with E-state index in [1.807, 2.05) is 11.8 Å². The minimum atomic E-state index is -3.68. The van der Waals surface area contributed by atoms with Crippen molar-refractivity contribution in [3.63, 3.8) is 0 Å². The molecule has 0 saturated carbocycles. The molecular formula is C14H21N3O3S. The van der Waals surface area contributed by atoms with Crippen molar-refractivity contribution >= 4 is 21.6 Å². The van der Waals surface area contributed by atoms with Gasteiger partial charge in [-0.3, -0.25) is 4.79 Å². The highest BCUT2D eigenvalue weighted by atomic mass is 32.2. The van der Waals surface area contributed by atoms with Crippen LogP contribution in [0.1, 0.15) is 26.2 Å². The topological polar surface area (TPSA) is 92.5 Å². The first-order valence-corrected chi connectivity index (χ1v) is 8.61. The van der Waals surface area contributed by atoms with E-state index >= 15 is 0 Å². The molecule has 0 spiro atoms. The van der Waals surface area contributed by atoms with E-state index in [4.69, 9.17) is 5.14 Å². The largest absolute Gasteiger partial charge is 0.374 e. The molecule has 0 aliphatic carbocycles. The first kappa shape index (κ1) is 15.8. The van der Waals surface area contributed by atoms with E-state index in [9.17, 15) is 13.2 Å². The smallest absolute Gasteiger partial charge is 0.244 e. The number of nitrogens with zero attached hydrogens (tertiary/aromatic N) is 1. The molecule has 1 aliphatic heterocycles. The third-order valence-corrected chi connectivity index (χ3v) is 4.53. The second-order valence-corrected chi connectivity index (χ2v) is 6.88. The molecule has 1 heterocycles. The summed E-state index contributed by atoms with van der Waals surface area (Å²) in [6, 6.07) is 5.73. The number of carbonyl (C=O) groups is 1. The maximum Gasteiger partial charge on any atom is 0.244 e. The van der Waals surface area contributed by atoms with Crippen LogP contribution in [-0.2, 0) is 14.8 Å². The number of piperidine rings is 1. The van der Waals surface area contributed by atoms with Crippen LogP contribution in [0.4, 0.5) is 5.69 Å².